The molecule has 0 unspecified atom stereocenters. The van der Waals surface area contributed by atoms with Crippen molar-refractivity contribution in [1.82, 2.24) is 0 Å². The topological polar surface area (TPSA) is 0 Å². The van der Waals surface area contributed by atoms with E-state index < -0.39 is 0 Å². The molecule has 0 bridgehead atoms. The van der Waals surface area contributed by atoms with Crippen LogP contribution in [0.3, 0.4) is 0 Å². The molecule has 0 aromatic heterocycles. The molecule has 0 saturated heterocycles. The number of rotatable bonds is 8. The SMILES string of the molecule is CCCCSCCCCCS. The summed E-state index contributed by atoms with van der Waals surface area (Å²) in [4.78, 5) is 0. The summed E-state index contributed by atoms with van der Waals surface area (Å²) in [5, 5.41) is 0. The normalized spacial score (nSPS) is 10.4. The van der Waals surface area contributed by atoms with Crippen LogP contribution in [-0.2, 0) is 0 Å². The Morgan fingerprint density at radius 1 is 1.00 bits per heavy atom. The van der Waals surface area contributed by atoms with Gasteiger partial charge in [0.25, 0.3) is 0 Å². The lowest BCUT2D eigenvalue weighted by atomic mass is 10.3. The molecular formula is C9H20S2. The molecule has 68 valence electrons. The Labute approximate surface area is 80.9 Å². The Morgan fingerprint density at radius 3 is 2.36 bits per heavy atom. The van der Waals surface area contributed by atoms with E-state index in [2.05, 4.69) is 31.3 Å². The molecule has 0 aliphatic heterocycles. The molecule has 0 spiro atoms. The summed E-state index contributed by atoms with van der Waals surface area (Å²) < 4.78 is 0. The Kier molecular flexibility index (Phi) is 11.4. The lowest BCUT2D eigenvalue weighted by Gasteiger charge is -1.99. The van der Waals surface area contributed by atoms with Gasteiger partial charge >= 0.3 is 0 Å². The second kappa shape index (κ2) is 10.7. The van der Waals surface area contributed by atoms with E-state index in [1.54, 1.807) is 0 Å². The Bertz CT molecular complexity index is 56.6. The summed E-state index contributed by atoms with van der Waals surface area (Å²) in [6.45, 7) is 2.25. The van der Waals surface area contributed by atoms with Crippen LogP contribution in [0.1, 0.15) is 39.0 Å². The average molecular weight is 192 g/mol. The molecule has 0 saturated carbocycles. The van der Waals surface area contributed by atoms with E-state index >= 15 is 0 Å². The van der Waals surface area contributed by atoms with Crippen LogP contribution in [0.2, 0.25) is 0 Å². The zero-order chi connectivity index (χ0) is 8.36. The first kappa shape index (κ1) is 11.7. The maximum absolute atomic E-state index is 4.17. The quantitative estimate of drug-likeness (QED) is 0.453. The average Bonchev–Trinajstić information content (AvgIpc) is 2.03. The van der Waals surface area contributed by atoms with E-state index in [0.29, 0.717) is 0 Å². The first-order chi connectivity index (χ1) is 5.41. The highest BCUT2D eigenvalue weighted by atomic mass is 32.2. The van der Waals surface area contributed by atoms with Crippen LogP contribution in [0.15, 0.2) is 0 Å². The minimum Gasteiger partial charge on any atom is -0.179 e. The van der Waals surface area contributed by atoms with E-state index in [1.165, 1.54) is 43.6 Å². The highest BCUT2D eigenvalue weighted by Crippen LogP contribution is 2.08. The maximum atomic E-state index is 4.17. The molecule has 0 heterocycles. The molecule has 11 heavy (non-hydrogen) atoms. The minimum absolute atomic E-state index is 1.06. The van der Waals surface area contributed by atoms with Crippen LogP contribution < -0.4 is 0 Å². The molecule has 0 atom stereocenters. The monoisotopic (exact) mass is 192 g/mol. The van der Waals surface area contributed by atoms with E-state index in [1.807, 2.05) is 0 Å². The predicted octanol–water partition coefficient (Wildman–Crippen LogP) is 3.62. The van der Waals surface area contributed by atoms with Crippen LogP contribution in [0.25, 0.3) is 0 Å². The van der Waals surface area contributed by atoms with Gasteiger partial charge in [0.1, 0.15) is 0 Å². The predicted molar refractivity (Wildman–Crippen MR) is 59.9 cm³/mol. The summed E-state index contributed by atoms with van der Waals surface area (Å²) in [5.41, 5.74) is 0. The van der Waals surface area contributed by atoms with Crippen LogP contribution >= 0.6 is 24.4 Å². The lowest BCUT2D eigenvalue weighted by molar-refractivity contribution is 0.785. The third-order valence-electron chi connectivity index (χ3n) is 1.59. The van der Waals surface area contributed by atoms with Crippen molar-refractivity contribution in [3.8, 4) is 0 Å². The zero-order valence-corrected chi connectivity index (χ0v) is 9.22. The first-order valence-electron chi connectivity index (χ1n) is 4.60. The van der Waals surface area contributed by atoms with Crippen LogP contribution in [0.5, 0.6) is 0 Å². The van der Waals surface area contributed by atoms with Gasteiger partial charge in [0.15, 0.2) is 0 Å². The lowest BCUT2D eigenvalue weighted by Crippen LogP contribution is -1.84. The Hall–Kier alpha value is 0.700. The van der Waals surface area contributed by atoms with Crippen LogP contribution in [0.4, 0.5) is 0 Å². The molecule has 0 nitrogen and oxygen atoms in total. The van der Waals surface area contributed by atoms with Gasteiger partial charge in [-0.15, -0.1) is 0 Å². The standard InChI is InChI=1S/C9H20S2/c1-2-3-8-11-9-6-4-5-7-10/h10H,2-9H2,1H3. The number of unbranched alkanes of at least 4 members (excludes halogenated alkanes) is 3. The van der Waals surface area contributed by atoms with Gasteiger partial charge in [-0.3, -0.25) is 0 Å². The van der Waals surface area contributed by atoms with Crippen molar-refractivity contribution < 1.29 is 0 Å². The van der Waals surface area contributed by atoms with Crippen molar-refractivity contribution in [2.75, 3.05) is 17.3 Å². The smallest absolute Gasteiger partial charge is 0.00675 e. The number of hydrogen-bond acceptors (Lipinski definition) is 2. The van der Waals surface area contributed by atoms with E-state index in [9.17, 15) is 0 Å². The summed E-state index contributed by atoms with van der Waals surface area (Å²) in [6, 6.07) is 0. The molecule has 0 fully saturated rings. The maximum Gasteiger partial charge on any atom is -0.00675 e. The summed E-state index contributed by atoms with van der Waals surface area (Å²) in [7, 11) is 0. The summed E-state index contributed by atoms with van der Waals surface area (Å²) >= 11 is 6.28. The molecular weight excluding hydrogens is 172 g/mol. The van der Waals surface area contributed by atoms with Gasteiger partial charge in [-0.25, -0.2) is 0 Å². The molecule has 0 N–H and O–H groups in total. The van der Waals surface area contributed by atoms with Crippen molar-refractivity contribution in [2.45, 2.75) is 39.0 Å². The van der Waals surface area contributed by atoms with Crippen LogP contribution in [-0.4, -0.2) is 17.3 Å². The molecule has 0 amide bonds. The molecule has 2 heteroatoms. The van der Waals surface area contributed by atoms with Crippen molar-refractivity contribution >= 4 is 24.4 Å². The highest BCUT2D eigenvalue weighted by molar-refractivity contribution is 7.99. The molecule has 0 aromatic rings. The third kappa shape index (κ3) is 10.7. The van der Waals surface area contributed by atoms with Crippen molar-refractivity contribution in [3.63, 3.8) is 0 Å². The largest absolute Gasteiger partial charge is 0.179 e. The van der Waals surface area contributed by atoms with Gasteiger partial charge in [-0.05, 0) is 36.5 Å². The number of thiol groups is 1. The van der Waals surface area contributed by atoms with Crippen molar-refractivity contribution in [3.05, 3.63) is 0 Å². The Balaban J connectivity index is 2.69. The van der Waals surface area contributed by atoms with E-state index in [4.69, 9.17) is 0 Å². The molecule has 0 aromatic carbocycles. The van der Waals surface area contributed by atoms with Gasteiger partial charge in [0.05, 0.1) is 0 Å². The Morgan fingerprint density at radius 2 is 1.73 bits per heavy atom. The van der Waals surface area contributed by atoms with Crippen LogP contribution in [0, 0.1) is 0 Å². The molecule has 0 rings (SSSR count). The fourth-order valence-electron chi connectivity index (χ4n) is 0.841. The molecule has 0 aliphatic carbocycles. The highest BCUT2D eigenvalue weighted by Gasteiger charge is 1.89. The third-order valence-corrected chi connectivity index (χ3v) is 3.06. The fourth-order valence-corrected chi connectivity index (χ4v) is 2.17. The van der Waals surface area contributed by atoms with Gasteiger partial charge in [0, 0.05) is 0 Å². The van der Waals surface area contributed by atoms with Gasteiger partial charge in [-0.1, -0.05) is 19.8 Å². The number of thioether (sulfide) groups is 1. The van der Waals surface area contributed by atoms with E-state index in [-0.39, 0.29) is 0 Å². The van der Waals surface area contributed by atoms with Crippen molar-refractivity contribution in [1.29, 1.82) is 0 Å². The second-order valence-corrected chi connectivity index (χ2v) is 4.42. The fraction of sp³-hybridized carbons (Fsp3) is 1.00. The minimum atomic E-state index is 1.06. The summed E-state index contributed by atoms with van der Waals surface area (Å²) in [6.07, 6.45) is 6.76. The number of hydrogen-bond donors (Lipinski definition) is 1. The molecule has 0 aliphatic rings. The van der Waals surface area contributed by atoms with E-state index in [0.717, 1.165) is 5.75 Å². The van der Waals surface area contributed by atoms with Gasteiger partial charge in [0.2, 0.25) is 0 Å². The zero-order valence-electron chi connectivity index (χ0n) is 7.51. The second-order valence-electron chi connectivity index (χ2n) is 2.75. The molecule has 0 radical (unpaired) electrons. The van der Waals surface area contributed by atoms with Crippen molar-refractivity contribution in [2.24, 2.45) is 0 Å². The first-order valence-corrected chi connectivity index (χ1v) is 6.39. The van der Waals surface area contributed by atoms with Gasteiger partial charge in [-0.2, -0.15) is 24.4 Å². The summed E-state index contributed by atoms with van der Waals surface area (Å²) in [5.74, 6) is 3.77. The van der Waals surface area contributed by atoms with Gasteiger partial charge < -0.3 is 0 Å².